The highest BCUT2D eigenvalue weighted by Gasteiger charge is 2.32. The second-order valence-corrected chi connectivity index (χ2v) is 7.84. The van der Waals surface area contributed by atoms with Gasteiger partial charge in [-0.1, -0.05) is 24.8 Å². The summed E-state index contributed by atoms with van der Waals surface area (Å²) in [5, 5.41) is 7.41. The van der Waals surface area contributed by atoms with Gasteiger partial charge < -0.3 is 15.1 Å². The monoisotopic (exact) mass is 442 g/mol. The SMILES string of the molecule is C=C(Nc1cnn(C)c1)N1CCCN(C)c2ccc(C3=CC(C(F)(F)F)=CCC=C3)nc21. The van der Waals surface area contributed by atoms with Crippen molar-refractivity contribution in [2.75, 3.05) is 35.3 Å². The molecule has 1 N–H and O–H groups in total. The van der Waals surface area contributed by atoms with Crippen LogP contribution in [0.3, 0.4) is 0 Å². The predicted molar refractivity (Wildman–Crippen MR) is 121 cm³/mol. The van der Waals surface area contributed by atoms with Gasteiger partial charge in [-0.25, -0.2) is 4.98 Å². The number of nitrogens with one attached hydrogen (secondary N) is 1. The van der Waals surface area contributed by atoms with Crippen LogP contribution in [0, 0.1) is 0 Å². The molecule has 0 unspecified atom stereocenters. The van der Waals surface area contributed by atoms with Gasteiger partial charge >= 0.3 is 6.18 Å². The molecule has 3 heterocycles. The minimum Gasteiger partial charge on any atom is -0.372 e. The molecule has 0 saturated heterocycles. The molecule has 6 nitrogen and oxygen atoms in total. The predicted octanol–water partition coefficient (Wildman–Crippen LogP) is 4.88. The number of pyridine rings is 1. The third-order valence-corrected chi connectivity index (χ3v) is 5.42. The molecule has 1 aliphatic heterocycles. The van der Waals surface area contributed by atoms with Gasteiger partial charge in [0.1, 0.15) is 5.82 Å². The lowest BCUT2D eigenvalue weighted by atomic mass is 10.1. The molecular formula is C23H25F3N6. The van der Waals surface area contributed by atoms with Gasteiger partial charge in [0.25, 0.3) is 0 Å². The number of alkyl halides is 3. The zero-order valence-electron chi connectivity index (χ0n) is 18.0. The average molecular weight is 442 g/mol. The second-order valence-electron chi connectivity index (χ2n) is 7.84. The van der Waals surface area contributed by atoms with Crippen molar-refractivity contribution in [3.8, 4) is 0 Å². The van der Waals surface area contributed by atoms with Crippen molar-refractivity contribution in [3.05, 3.63) is 72.5 Å². The van der Waals surface area contributed by atoms with Crippen molar-refractivity contribution in [1.29, 1.82) is 0 Å². The molecule has 0 atom stereocenters. The second kappa shape index (κ2) is 8.57. The van der Waals surface area contributed by atoms with E-state index in [1.165, 1.54) is 6.08 Å². The Hall–Kier alpha value is -3.49. The highest BCUT2D eigenvalue weighted by molar-refractivity contribution is 5.79. The maximum Gasteiger partial charge on any atom is 0.416 e. The summed E-state index contributed by atoms with van der Waals surface area (Å²) in [6, 6.07) is 3.68. The zero-order valence-corrected chi connectivity index (χ0v) is 18.0. The number of anilines is 3. The van der Waals surface area contributed by atoms with E-state index in [1.807, 2.05) is 31.3 Å². The van der Waals surface area contributed by atoms with Crippen LogP contribution in [-0.4, -0.2) is 41.1 Å². The Morgan fingerprint density at radius 2 is 2.00 bits per heavy atom. The van der Waals surface area contributed by atoms with Gasteiger partial charge in [-0.15, -0.1) is 0 Å². The van der Waals surface area contributed by atoms with Gasteiger partial charge in [0.05, 0.1) is 28.8 Å². The lowest BCUT2D eigenvalue weighted by molar-refractivity contribution is -0.0883. The highest BCUT2D eigenvalue weighted by atomic mass is 19.4. The molecule has 168 valence electrons. The van der Waals surface area contributed by atoms with Crippen LogP contribution in [0.5, 0.6) is 0 Å². The molecule has 9 heteroatoms. The van der Waals surface area contributed by atoms with Gasteiger partial charge in [-0.3, -0.25) is 4.68 Å². The fourth-order valence-corrected chi connectivity index (χ4v) is 3.79. The first kappa shape index (κ1) is 21.7. The minimum atomic E-state index is -4.41. The molecule has 0 aromatic carbocycles. The summed E-state index contributed by atoms with van der Waals surface area (Å²) in [4.78, 5) is 8.87. The Balaban J connectivity index is 1.72. The van der Waals surface area contributed by atoms with E-state index in [9.17, 15) is 13.2 Å². The van der Waals surface area contributed by atoms with Crippen LogP contribution in [0.2, 0.25) is 0 Å². The van der Waals surface area contributed by atoms with Crippen LogP contribution in [0.25, 0.3) is 5.57 Å². The minimum absolute atomic E-state index is 0.223. The highest BCUT2D eigenvalue weighted by Crippen LogP contribution is 2.36. The number of rotatable bonds is 4. The average Bonchev–Trinajstić information content (AvgIpc) is 2.94. The molecule has 1 aliphatic carbocycles. The molecule has 2 aromatic heterocycles. The van der Waals surface area contributed by atoms with Gasteiger partial charge in [-0.2, -0.15) is 18.3 Å². The fourth-order valence-electron chi connectivity index (χ4n) is 3.79. The number of allylic oxidation sites excluding steroid dienone is 6. The lowest BCUT2D eigenvalue weighted by Crippen LogP contribution is -2.28. The topological polar surface area (TPSA) is 49.2 Å². The fraction of sp³-hybridized carbons (Fsp3) is 0.304. The first-order valence-electron chi connectivity index (χ1n) is 10.3. The number of fused-ring (bicyclic) bond motifs is 1. The molecule has 0 amide bonds. The van der Waals surface area contributed by atoms with Gasteiger partial charge in [0, 0.05) is 39.0 Å². The lowest BCUT2D eigenvalue weighted by Gasteiger charge is -2.27. The van der Waals surface area contributed by atoms with E-state index >= 15 is 0 Å². The summed E-state index contributed by atoms with van der Waals surface area (Å²) >= 11 is 0. The number of aryl methyl sites for hydroxylation is 1. The van der Waals surface area contributed by atoms with Crippen molar-refractivity contribution in [1.82, 2.24) is 14.8 Å². The summed E-state index contributed by atoms with van der Waals surface area (Å²) in [7, 11) is 3.81. The first-order valence-corrected chi connectivity index (χ1v) is 10.3. The molecule has 32 heavy (non-hydrogen) atoms. The molecule has 0 bridgehead atoms. The van der Waals surface area contributed by atoms with Crippen molar-refractivity contribution in [2.24, 2.45) is 7.05 Å². The quantitative estimate of drug-likeness (QED) is 0.732. The number of hydrogen-bond acceptors (Lipinski definition) is 5. The van der Waals surface area contributed by atoms with Crippen molar-refractivity contribution in [3.63, 3.8) is 0 Å². The largest absolute Gasteiger partial charge is 0.416 e. The molecule has 0 saturated carbocycles. The van der Waals surface area contributed by atoms with Gasteiger partial charge in [-0.05, 0) is 31.1 Å². The summed E-state index contributed by atoms with van der Waals surface area (Å²) in [6.45, 7) is 5.68. The van der Waals surface area contributed by atoms with Crippen molar-refractivity contribution in [2.45, 2.75) is 19.0 Å². The number of nitrogens with zero attached hydrogens (tertiary/aromatic N) is 5. The standard InChI is InChI=1S/C23H25F3N6/c1-16(28-19-14-27-31(3)15-19)32-12-6-11-30(2)21-10-9-20(29-22(21)32)17-7-4-5-8-18(13-17)23(24,25)26/h4,7-10,13-15,28H,1,5-6,11-12H2,2-3H3. The zero-order chi connectivity index (χ0) is 22.9. The van der Waals surface area contributed by atoms with E-state index in [4.69, 9.17) is 4.98 Å². The van der Waals surface area contributed by atoms with Gasteiger partial charge in [0.15, 0.2) is 5.82 Å². The van der Waals surface area contributed by atoms with Crippen LogP contribution < -0.4 is 15.1 Å². The summed E-state index contributed by atoms with van der Waals surface area (Å²) < 4.78 is 41.8. The number of hydrogen-bond donors (Lipinski definition) is 1. The van der Waals surface area contributed by atoms with Crippen molar-refractivity contribution >= 4 is 22.8 Å². The molecule has 0 spiro atoms. The van der Waals surface area contributed by atoms with Crippen LogP contribution >= 0.6 is 0 Å². The van der Waals surface area contributed by atoms with E-state index in [2.05, 4.69) is 21.9 Å². The third-order valence-electron chi connectivity index (χ3n) is 5.42. The van der Waals surface area contributed by atoms with E-state index < -0.39 is 11.7 Å². The normalized spacial score (nSPS) is 16.7. The smallest absolute Gasteiger partial charge is 0.372 e. The third kappa shape index (κ3) is 4.56. The Morgan fingerprint density at radius 3 is 2.72 bits per heavy atom. The Bertz CT molecular complexity index is 1110. The van der Waals surface area contributed by atoms with Crippen LogP contribution in [0.4, 0.5) is 30.4 Å². The van der Waals surface area contributed by atoms with Crippen LogP contribution in [-0.2, 0) is 7.05 Å². The number of aromatic nitrogens is 3. The molecule has 0 radical (unpaired) electrons. The van der Waals surface area contributed by atoms with Crippen molar-refractivity contribution < 1.29 is 13.2 Å². The summed E-state index contributed by atoms with van der Waals surface area (Å²) in [5.41, 5.74) is 1.93. The van der Waals surface area contributed by atoms with Crippen LogP contribution in [0.15, 0.2) is 66.8 Å². The van der Waals surface area contributed by atoms with E-state index in [-0.39, 0.29) is 6.42 Å². The molecule has 2 aliphatic rings. The molecular weight excluding hydrogens is 417 g/mol. The van der Waals surface area contributed by atoms with Crippen LogP contribution in [0.1, 0.15) is 18.5 Å². The van der Waals surface area contributed by atoms with E-state index in [1.54, 1.807) is 29.1 Å². The first-order chi connectivity index (χ1) is 15.2. The Kier molecular flexibility index (Phi) is 5.82. The van der Waals surface area contributed by atoms with Gasteiger partial charge in [0.2, 0.25) is 0 Å². The van der Waals surface area contributed by atoms with E-state index in [0.29, 0.717) is 29.5 Å². The number of halogens is 3. The van der Waals surface area contributed by atoms with E-state index in [0.717, 1.165) is 30.4 Å². The maximum absolute atomic E-state index is 13.4. The maximum atomic E-state index is 13.4. The molecule has 2 aromatic rings. The summed E-state index contributed by atoms with van der Waals surface area (Å²) in [5.74, 6) is 1.28. The summed E-state index contributed by atoms with van der Waals surface area (Å²) in [6.07, 6.45) is 5.98. The Morgan fingerprint density at radius 1 is 1.19 bits per heavy atom. The molecule has 0 fully saturated rings. The molecule has 4 rings (SSSR count). The Labute approximate surface area is 185 Å².